The van der Waals surface area contributed by atoms with Gasteiger partial charge in [0, 0.05) is 33.6 Å². The number of H-pyrrole nitrogens is 1. The van der Waals surface area contributed by atoms with E-state index in [2.05, 4.69) is 52.1 Å². The maximum atomic E-state index is 4.53. The van der Waals surface area contributed by atoms with Gasteiger partial charge >= 0.3 is 0 Å². The third-order valence-corrected chi connectivity index (χ3v) is 5.45. The number of halogens is 1. The third kappa shape index (κ3) is 5.00. The number of rotatable bonds is 5. The lowest BCUT2D eigenvalue weighted by Crippen LogP contribution is -2.42. The minimum atomic E-state index is 0. The van der Waals surface area contributed by atoms with Crippen molar-refractivity contribution in [2.24, 2.45) is 10.9 Å². The number of nitrogens with one attached hydrogen (secondary N) is 2. The van der Waals surface area contributed by atoms with Crippen molar-refractivity contribution in [3.8, 4) is 11.3 Å². The molecule has 0 saturated heterocycles. The number of nitrogens with zero attached hydrogens (tertiary/aromatic N) is 6. The Bertz CT molecular complexity index is 978. The fraction of sp³-hybridized carbons (Fsp3) is 0.429. The van der Waals surface area contributed by atoms with E-state index in [0.29, 0.717) is 12.5 Å². The van der Waals surface area contributed by atoms with E-state index < -0.39 is 0 Å². The van der Waals surface area contributed by atoms with Gasteiger partial charge in [-0.15, -0.1) is 34.2 Å². The second-order valence-electron chi connectivity index (χ2n) is 7.57. The zero-order chi connectivity index (χ0) is 20.2. The maximum absolute atomic E-state index is 4.53. The topological polar surface area (TPSA) is 87.0 Å². The second-order valence-corrected chi connectivity index (χ2v) is 7.57. The quantitative estimate of drug-likeness (QED) is 0.307. The molecule has 160 valence electrons. The van der Waals surface area contributed by atoms with Crippen LogP contribution in [0.5, 0.6) is 0 Å². The Morgan fingerprint density at radius 1 is 1.30 bits per heavy atom. The molecule has 0 fully saturated rings. The molecule has 1 unspecified atom stereocenters. The van der Waals surface area contributed by atoms with E-state index in [0.717, 1.165) is 60.6 Å². The molecular weight excluding hydrogens is 491 g/mol. The van der Waals surface area contributed by atoms with E-state index in [9.17, 15) is 0 Å². The summed E-state index contributed by atoms with van der Waals surface area (Å²) in [7, 11) is 3.85. The van der Waals surface area contributed by atoms with Gasteiger partial charge in [-0.25, -0.2) is 4.98 Å². The lowest BCUT2D eigenvalue weighted by molar-refractivity contribution is 0.352. The summed E-state index contributed by atoms with van der Waals surface area (Å²) in [5.74, 6) is 4.42. The highest BCUT2D eigenvalue weighted by molar-refractivity contribution is 14.0. The van der Waals surface area contributed by atoms with Crippen LogP contribution >= 0.6 is 24.0 Å². The third-order valence-electron chi connectivity index (χ3n) is 5.45. The summed E-state index contributed by atoms with van der Waals surface area (Å²) >= 11 is 0. The van der Waals surface area contributed by atoms with E-state index in [1.807, 2.05) is 45.4 Å². The molecule has 0 amide bonds. The molecule has 0 spiro atoms. The van der Waals surface area contributed by atoms with Crippen LogP contribution in [0.15, 0.2) is 41.5 Å². The number of aliphatic imine (C=N–C) groups is 1. The average Bonchev–Trinajstić information content (AvgIpc) is 3.36. The van der Waals surface area contributed by atoms with Crippen molar-refractivity contribution >= 4 is 29.9 Å². The summed E-state index contributed by atoms with van der Waals surface area (Å²) in [6.07, 6.45) is 3.98. The Hall–Kier alpha value is -2.43. The molecule has 0 saturated carbocycles. The summed E-state index contributed by atoms with van der Waals surface area (Å²) in [5, 5.41) is 12.0. The maximum Gasteiger partial charge on any atom is 0.193 e. The Morgan fingerprint density at radius 3 is 2.87 bits per heavy atom. The molecule has 3 heterocycles. The highest BCUT2D eigenvalue weighted by Gasteiger charge is 2.22. The summed E-state index contributed by atoms with van der Waals surface area (Å²) < 4.78 is 2.23. The summed E-state index contributed by atoms with van der Waals surface area (Å²) in [5.41, 5.74) is 2.16. The van der Waals surface area contributed by atoms with E-state index in [1.165, 1.54) is 0 Å². The van der Waals surface area contributed by atoms with E-state index in [1.54, 1.807) is 0 Å². The first-order valence-electron chi connectivity index (χ1n) is 10.0. The van der Waals surface area contributed by atoms with Gasteiger partial charge in [0.05, 0.1) is 18.4 Å². The van der Waals surface area contributed by atoms with Crippen molar-refractivity contribution in [3.63, 3.8) is 0 Å². The molecule has 0 radical (unpaired) electrons. The largest absolute Gasteiger partial charge is 0.356 e. The molecule has 9 heteroatoms. The summed E-state index contributed by atoms with van der Waals surface area (Å²) in [6.45, 7) is 4.51. The number of hydrogen-bond donors (Lipinski definition) is 2. The van der Waals surface area contributed by atoms with Crippen molar-refractivity contribution in [2.75, 3.05) is 20.6 Å². The molecule has 1 atom stereocenters. The van der Waals surface area contributed by atoms with Crippen molar-refractivity contribution in [3.05, 3.63) is 54.0 Å². The Morgan fingerprint density at radius 2 is 2.10 bits per heavy atom. The van der Waals surface area contributed by atoms with Gasteiger partial charge in [-0.05, 0) is 24.8 Å². The standard InChI is InChI=1S/C21H28N8.HI/c1-15-26-27-20-10-9-16(13-29(15)20)11-24-21(22-2)28(3)14-19-23-12-18(25-19)17-7-5-4-6-8-17;/h4-8,12,16H,9-11,13-14H2,1-3H3,(H,22,24)(H,23,25);1H. The zero-order valence-electron chi connectivity index (χ0n) is 17.7. The number of aromatic nitrogens is 5. The minimum Gasteiger partial charge on any atom is -0.356 e. The summed E-state index contributed by atoms with van der Waals surface area (Å²) in [6, 6.07) is 10.2. The molecular formula is C21H29IN8. The normalized spacial score (nSPS) is 16.0. The first-order chi connectivity index (χ1) is 14.1. The summed E-state index contributed by atoms with van der Waals surface area (Å²) in [4.78, 5) is 14.5. The van der Waals surface area contributed by atoms with E-state index in [-0.39, 0.29) is 24.0 Å². The van der Waals surface area contributed by atoms with Crippen molar-refractivity contribution in [1.82, 2.24) is 34.9 Å². The molecule has 3 aromatic rings. The van der Waals surface area contributed by atoms with Gasteiger partial charge < -0.3 is 19.8 Å². The number of fused-ring (bicyclic) bond motifs is 1. The fourth-order valence-corrected chi connectivity index (χ4v) is 3.82. The first kappa shape index (κ1) is 22.3. The minimum absolute atomic E-state index is 0. The smallest absolute Gasteiger partial charge is 0.193 e. The van der Waals surface area contributed by atoms with Crippen LogP contribution in [-0.4, -0.2) is 56.2 Å². The van der Waals surface area contributed by atoms with Crippen LogP contribution in [0.4, 0.5) is 0 Å². The van der Waals surface area contributed by atoms with Crippen LogP contribution in [-0.2, 0) is 19.5 Å². The highest BCUT2D eigenvalue weighted by atomic mass is 127. The molecule has 1 aliphatic heterocycles. The Labute approximate surface area is 194 Å². The highest BCUT2D eigenvalue weighted by Crippen LogP contribution is 2.19. The zero-order valence-corrected chi connectivity index (χ0v) is 20.0. The predicted octanol–water partition coefficient (Wildman–Crippen LogP) is 2.86. The SMILES string of the molecule is CN=C(NCC1CCc2nnc(C)n2C1)N(C)Cc1ncc(-c2ccccc2)[nH]1.I. The molecule has 30 heavy (non-hydrogen) atoms. The Kier molecular flexibility index (Phi) is 7.46. The monoisotopic (exact) mass is 520 g/mol. The van der Waals surface area contributed by atoms with Gasteiger partial charge in [0.15, 0.2) is 5.96 Å². The van der Waals surface area contributed by atoms with Crippen LogP contribution < -0.4 is 5.32 Å². The number of aromatic amines is 1. The van der Waals surface area contributed by atoms with Gasteiger partial charge in [-0.3, -0.25) is 4.99 Å². The van der Waals surface area contributed by atoms with E-state index >= 15 is 0 Å². The molecule has 2 N–H and O–H groups in total. The van der Waals surface area contributed by atoms with Gasteiger partial charge in [0.2, 0.25) is 0 Å². The van der Waals surface area contributed by atoms with Gasteiger partial charge in [-0.2, -0.15) is 0 Å². The van der Waals surface area contributed by atoms with Crippen molar-refractivity contribution in [2.45, 2.75) is 32.9 Å². The number of hydrogen-bond acceptors (Lipinski definition) is 4. The molecule has 0 bridgehead atoms. The molecule has 2 aromatic heterocycles. The molecule has 8 nitrogen and oxygen atoms in total. The van der Waals surface area contributed by atoms with Crippen LogP contribution in [0.3, 0.4) is 0 Å². The number of imidazole rings is 1. The lowest BCUT2D eigenvalue weighted by Gasteiger charge is -2.27. The van der Waals surface area contributed by atoms with Crippen LogP contribution in [0.25, 0.3) is 11.3 Å². The molecule has 1 aliphatic rings. The molecule has 1 aromatic carbocycles. The first-order valence-corrected chi connectivity index (χ1v) is 10.0. The molecule has 4 rings (SSSR count). The van der Waals surface area contributed by atoms with E-state index in [4.69, 9.17) is 0 Å². The van der Waals surface area contributed by atoms with Crippen LogP contribution in [0.1, 0.15) is 23.9 Å². The predicted molar refractivity (Wildman–Crippen MR) is 129 cm³/mol. The average molecular weight is 520 g/mol. The van der Waals surface area contributed by atoms with Gasteiger partial charge in [0.1, 0.15) is 17.5 Å². The fourth-order valence-electron chi connectivity index (χ4n) is 3.82. The van der Waals surface area contributed by atoms with Crippen molar-refractivity contribution < 1.29 is 0 Å². The number of guanidine groups is 1. The second kappa shape index (κ2) is 10.1. The number of aryl methyl sites for hydroxylation is 2. The van der Waals surface area contributed by atoms with Crippen molar-refractivity contribution in [1.29, 1.82) is 0 Å². The Balaban J connectivity index is 0.00000256. The van der Waals surface area contributed by atoms with Gasteiger partial charge in [-0.1, -0.05) is 30.3 Å². The van der Waals surface area contributed by atoms with Gasteiger partial charge in [0.25, 0.3) is 0 Å². The lowest BCUT2D eigenvalue weighted by atomic mass is 9.99. The van der Waals surface area contributed by atoms with Crippen LogP contribution in [0, 0.1) is 12.8 Å². The molecule has 0 aliphatic carbocycles. The van der Waals surface area contributed by atoms with Crippen LogP contribution in [0.2, 0.25) is 0 Å². The number of benzene rings is 1.